The standard InChI is InChI=1S/C25H22ClF4N7O2/c1-13-6-15(25(28,29)30)8-22(32-13)37-11-14(23(38)33-20-12-35(2)34-19(20)10-31)7-21(37)24(39)36(3)16-4-5-18(27)17(26)9-16/h4-6,8-9,12,14,21H,7,11H2,1-3H3,(H,33,38)/t14-,21-/m0/s1. The van der Waals surface area contributed by atoms with Crippen molar-refractivity contribution in [1.82, 2.24) is 14.8 Å². The predicted molar refractivity (Wildman–Crippen MR) is 135 cm³/mol. The second-order valence-electron chi connectivity index (χ2n) is 9.12. The average molecular weight is 564 g/mol. The largest absolute Gasteiger partial charge is 0.416 e. The van der Waals surface area contributed by atoms with E-state index in [0.717, 1.165) is 18.2 Å². The number of hydrogen-bond acceptors (Lipinski definition) is 6. The molecule has 14 heteroatoms. The molecule has 2 atom stereocenters. The van der Waals surface area contributed by atoms with Crippen molar-refractivity contribution >= 4 is 40.6 Å². The van der Waals surface area contributed by atoms with Crippen molar-refractivity contribution < 1.29 is 27.2 Å². The van der Waals surface area contributed by atoms with Crippen LogP contribution in [0.2, 0.25) is 5.02 Å². The molecule has 3 heterocycles. The molecule has 0 spiro atoms. The number of nitrogens with zero attached hydrogens (tertiary/aromatic N) is 6. The Morgan fingerprint density at radius 1 is 1.26 bits per heavy atom. The van der Waals surface area contributed by atoms with Crippen LogP contribution in [0.3, 0.4) is 0 Å². The van der Waals surface area contributed by atoms with Gasteiger partial charge in [-0.15, -0.1) is 0 Å². The molecule has 2 aromatic heterocycles. The van der Waals surface area contributed by atoms with Crippen LogP contribution in [-0.2, 0) is 22.8 Å². The fourth-order valence-electron chi connectivity index (χ4n) is 4.42. The minimum atomic E-state index is -4.66. The highest BCUT2D eigenvalue weighted by molar-refractivity contribution is 6.31. The maximum Gasteiger partial charge on any atom is 0.416 e. The SMILES string of the molecule is Cc1cc(C(F)(F)F)cc(N2C[C@@H](C(=O)Nc3cn(C)nc3C#N)C[C@H]2C(=O)N(C)c2ccc(F)c(Cl)c2)n1. The van der Waals surface area contributed by atoms with Crippen LogP contribution in [0.4, 0.5) is 34.8 Å². The molecule has 2 amide bonds. The normalized spacial score (nSPS) is 17.2. The van der Waals surface area contributed by atoms with Crippen molar-refractivity contribution in [2.24, 2.45) is 13.0 Å². The molecule has 1 fully saturated rings. The number of nitrogens with one attached hydrogen (secondary N) is 1. The van der Waals surface area contributed by atoms with Gasteiger partial charge in [0.2, 0.25) is 11.8 Å². The van der Waals surface area contributed by atoms with Crippen molar-refractivity contribution in [3.05, 3.63) is 64.3 Å². The molecule has 1 aliphatic heterocycles. The Bertz CT molecular complexity index is 1480. The molecular weight excluding hydrogens is 542 g/mol. The number of halogens is 5. The van der Waals surface area contributed by atoms with Crippen LogP contribution in [0.1, 0.15) is 23.4 Å². The second kappa shape index (κ2) is 10.5. The molecule has 0 aliphatic carbocycles. The lowest BCUT2D eigenvalue weighted by atomic mass is 10.0. The Morgan fingerprint density at radius 2 is 1.97 bits per heavy atom. The van der Waals surface area contributed by atoms with Crippen molar-refractivity contribution in [2.75, 3.05) is 28.7 Å². The second-order valence-corrected chi connectivity index (χ2v) is 9.52. The highest BCUT2D eigenvalue weighted by Crippen LogP contribution is 2.36. The number of carbonyl (C=O) groups is 2. The Kier molecular flexibility index (Phi) is 7.52. The van der Waals surface area contributed by atoms with Crippen LogP contribution in [0.5, 0.6) is 0 Å². The van der Waals surface area contributed by atoms with E-state index < -0.39 is 41.3 Å². The first-order valence-electron chi connectivity index (χ1n) is 11.6. The quantitative estimate of drug-likeness (QED) is 0.464. The number of benzene rings is 1. The molecule has 1 aromatic carbocycles. The lowest BCUT2D eigenvalue weighted by Gasteiger charge is -2.29. The zero-order valence-electron chi connectivity index (χ0n) is 20.9. The first kappa shape index (κ1) is 27.8. The number of nitriles is 1. The highest BCUT2D eigenvalue weighted by atomic mass is 35.5. The molecule has 1 N–H and O–H groups in total. The van der Waals surface area contributed by atoms with Crippen LogP contribution in [0.25, 0.3) is 0 Å². The van der Waals surface area contributed by atoms with E-state index in [1.807, 2.05) is 6.07 Å². The van der Waals surface area contributed by atoms with Gasteiger partial charge in [0.15, 0.2) is 5.69 Å². The number of amides is 2. The van der Waals surface area contributed by atoms with Gasteiger partial charge >= 0.3 is 6.18 Å². The summed E-state index contributed by atoms with van der Waals surface area (Å²) >= 11 is 5.87. The van der Waals surface area contributed by atoms with Crippen LogP contribution in [0.15, 0.2) is 36.5 Å². The molecule has 0 radical (unpaired) electrons. The number of aryl methyl sites for hydroxylation is 2. The zero-order valence-corrected chi connectivity index (χ0v) is 21.7. The third-order valence-corrected chi connectivity index (χ3v) is 6.62. The molecule has 39 heavy (non-hydrogen) atoms. The minimum Gasteiger partial charge on any atom is -0.344 e. The predicted octanol–water partition coefficient (Wildman–Crippen LogP) is 4.30. The number of anilines is 3. The van der Waals surface area contributed by atoms with Crippen LogP contribution < -0.4 is 15.1 Å². The summed E-state index contributed by atoms with van der Waals surface area (Å²) < 4.78 is 55.7. The van der Waals surface area contributed by atoms with E-state index in [2.05, 4.69) is 15.4 Å². The van der Waals surface area contributed by atoms with Gasteiger partial charge in [-0.25, -0.2) is 9.37 Å². The Balaban J connectivity index is 1.69. The lowest BCUT2D eigenvalue weighted by molar-refractivity contribution is -0.137. The molecule has 0 unspecified atom stereocenters. The third kappa shape index (κ3) is 5.80. The molecular formula is C25H22ClF4N7O2. The van der Waals surface area contributed by atoms with Crippen LogP contribution in [-0.4, -0.2) is 46.2 Å². The topological polar surface area (TPSA) is 107 Å². The van der Waals surface area contributed by atoms with Gasteiger partial charge in [-0.05, 0) is 43.7 Å². The molecule has 1 aliphatic rings. The van der Waals surface area contributed by atoms with E-state index in [1.54, 1.807) is 7.05 Å². The van der Waals surface area contributed by atoms with Crippen molar-refractivity contribution in [2.45, 2.75) is 25.6 Å². The summed E-state index contributed by atoms with van der Waals surface area (Å²) in [5.74, 6) is -2.77. The van der Waals surface area contributed by atoms with Gasteiger partial charge in [0.1, 0.15) is 23.7 Å². The summed E-state index contributed by atoms with van der Waals surface area (Å²) in [7, 11) is 2.98. The van der Waals surface area contributed by atoms with Gasteiger partial charge in [0, 0.05) is 38.2 Å². The van der Waals surface area contributed by atoms with E-state index in [9.17, 15) is 32.4 Å². The number of rotatable bonds is 5. The Labute approximate surface area is 225 Å². The van der Waals surface area contributed by atoms with E-state index >= 15 is 0 Å². The molecule has 3 aromatic rings. The maximum atomic E-state index is 13.7. The highest BCUT2D eigenvalue weighted by Gasteiger charge is 2.43. The molecule has 1 saturated heterocycles. The van der Waals surface area contributed by atoms with Gasteiger partial charge in [0.05, 0.1) is 22.2 Å². The third-order valence-electron chi connectivity index (χ3n) is 6.33. The summed E-state index contributed by atoms with van der Waals surface area (Å²) in [6, 6.07) is 6.17. The number of carbonyl (C=O) groups excluding carboxylic acids is 2. The molecule has 4 rings (SSSR count). The summed E-state index contributed by atoms with van der Waals surface area (Å²) in [5.41, 5.74) is -0.473. The number of aromatic nitrogens is 3. The summed E-state index contributed by atoms with van der Waals surface area (Å²) in [6.45, 7) is 1.27. The molecule has 0 bridgehead atoms. The van der Waals surface area contributed by atoms with Gasteiger partial charge in [-0.1, -0.05) is 11.6 Å². The zero-order chi connectivity index (χ0) is 28.6. The van der Waals surface area contributed by atoms with E-state index in [-0.39, 0.29) is 46.6 Å². The first-order valence-corrected chi connectivity index (χ1v) is 12.0. The Hall–Kier alpha value is -4.18. The number of hydrogen-bond donors (Lipinski definition) is 1. The van der Waals surface area contributed by atoms with Gasteiger partial charge in [-0.3, -0.25) is 14.3 Å². The number of likely N-dealkylation sites (N-methyl/N-ethyl adjacent to an activating group) is 1. The average Bonchev–Trinajstić information content (AvgIpc) is 3.47. The molecule has 0 saturated carbocycles. The van der Waals surface area contributed by atoms with Crippen LogP contribution in [0, 0.1) is 30.0 Å². The fourth-order valence-corrected chi connectivity index (χ4v) is 4.59. The monoisotopic (exact) mass is 563 g/mol. The van der Waals surface area contributed by atoms with Gasteiger partial charge in [0.25, 0.3) is 0 Å². The summed E-state index contributed by atoms with van der Waals surface area (Å²) in [5, 5.41) is 15.6. The Morgan fingerprint density at radius 3 is 2.62 bits per heavy atom. The smallest absolute Gasteiger partial charge is 0.344 e. The van der Waals surface area contributed by atoms with Crippen molar-refractivity contribution in [3.63, 3.8) is 0 Å². The summed E-state index contributed by atoms with van der Waals surface area (Å²) in [4.78, 5) is 33.6. The van der Waals surface area contributed by atoms with Crippen molar-refractivity contribution in [3.8, 4) is 6.07 Å². The van der Waals surface area contributed by atoms with E-state index in [0.29, 0.717) is 0 Å². The maximum absolute atomic E-state index is 13.7. The number of pyridine rings is 1. The lowest BCUT2D eigenvalue weighted by Crippen LogP contribution is -2.44. The summed E-state index contributed by atoms with van der Waals surface area (Å²) in [6.07, 6.45) is -3.28. The van der Waals surface area contributed by atoms with E-state index in [4.69, 9.17) is 11.6 Å². The fraction of sp³-hybridized carbons (Fsp3) is 0.320. The number of alkyl halides is 3. The minimum absolute atomic E-state index is 0.0172. The molecule has 204 valence electrons. The first-order chi connectivity index (χ1) is 18.3. The van der Waals surface area contributed by atoms with Gasteiger partial charge in [-0.2, -0.15) is 23.5 Å². The van der Waals surface area contributed by atoms with E-state index in [1.165, 1.54) is 46.8 Å². The molecule has 9 nitrogen and oxygen atoms in total. The van der Waals surface area contributed by atoms with Crippen molar-refractivity contribution in [1.29, 1.82) is 5.26 Å². The van der Waals surface area contributed by atoms with Crippen LogP contribution >= 0.6 is 11.6 Å². The van der Waals surface area contributed by atoms with Gasteiger partial charge < -0.3 is 15.1 Å².